The van der Waals surface area contributed by atoms with E-state index < -0.39 is 0 Å². The summed E-state index contributed by atoms with van der Waals surface area (Å²) < 4.78 is 8.45. The van der Waals surface area contributed by atoms with Crippen LogP contribution in [0.4, 0.5) is 5.69 Å². The van der Waals surface area contributed by atoms with Gasteiger partial charge in [0.2, 0.25) is 0 Å². The minimum absolute atomic E-state index is 0.199. The fourth-order valence-electron chi connectivity index (χ4n) is 2.99. The third-order valence-electron chi connectivity index (χ3n) is 4.63. The maximum Gasteiger partial charge on any atom is 0.255 e. The van der Waals surface area contributed by atoms with E-state index in [2.05, 4.69) is 26.3 Å². The lowest BCUT2D eigenvalue weighted by Gasteiger charge is -2.09. The lowest BCUT2D eigenvalue weighted by Crippen LogP contribution is -2.11. The summed E-state index contributed by atoms with van der Waals surface area (Å²) in [4.78, 5) is 12.6. The molecule has 1 N–H and O–H groups in total. The molecule has 0 atom stereocenters. The number of carbonyl (C=O) groups is 1. The molecule has 0 unspecified atom stereocenters. The molecule has 0 saturated carbocycles. The van der Waals surface area contributed by atoms with Gasteiger partial charge < -0.3 is 10.1 Å². The highest BCUT2D eigenvalue weighted by atomic mass is 79.9. The number of carbonyl (C=O) groups excluding carboxylic acids is 1. The fraction of sp³-hybridized carbons (Fsp3) is 0.0833. The molecule has 31 heavy (non-hydrogen) atoms. The number of nitrogens with one attached hydrogen (secondary N) is 1. The maximum atomic E-state index is 12.6. The molecule has 1 amide bonds. The molecule has 0 bridgehead atoms. The Morgan fingerprint density at radius 2 is 1.77 bits per heavy atom. The van der Waals surface area contributed by atoms with Crippen molar-refractivity contribution in [3.8, 4) is 5.75 Å². The van der Waals surface area contributed by atoms with Gasteiger partial charge in [0.15, 0.2) is 0 Å². The Labute approximate surface area is 193 Å². The monoisotopic (exact) mass is 495 g/mol. The molecule has 3 aromatic carbocycles. The van der Waals surface area contributed by atoms with Crippen molar-refractivity contribution in [2.24, 2.45) is 0 Å². The van der Waals surface area contributed by atoms with Gasteiger partial charge in [-0.25, -0.2) is 0 Å². The normalized spacial score (nSPS) is 10.6. The molecule has 4 rings (SSSR count). The highest BCUT2D eigenvalue weighted by molar-refractivity contribution is 9.10. The largest absolute Gasteiger partial charge is 0.488 e. The first-order valence-electron chi connectivity index (χ1n) is 9.62. The standard InChI is InChI=1S/C24H19BrClN3O2/c25-21-6-2-4-8-23(21)31-16-17-9-11-18(12-10-17)24(30)28-20-13-27-29(15-20)14-19-5-1-3-7-22(19)26/h1-13,15H,14,16H2,(H,28,30). The molecule has 0 fully saturated rings. The SMILES string of the molecule is O=C(Nc1cnn(Cc2ccccc2Cl)c1)c1ccc(COc2ccccc2Br)cc1. The van der Waals surface area contributed by atoms with Crippen LogP contribution in [-0.4, -0.2) is 15.7 Å². The smallest absolute Gasteiger partial charge is 0.255 e. The van der Waals surface area contributed by atoms with E-state index in [1.807, 2.05) is 60.7 Å². The van der Waals surface area contributed by atoms with Crippen molar-refractivity contribution in [1.82, 2.24) is 9.78 Å². The molecule has 1 aromatic heterocycles. The summed E-state index contributed by atoms with van der Waals surface area (Å²) in [6.07, 6.45) is 3.40. The number of hydrogen-bond acceptors (Lipinski definition) is 3. The molecular weight excluding hydrogens is 478 g/mol. The number of halogens is 2. The quantitative estimate of drug-likeness (QED) is 0.332. The van der Waals surface area contributed by atoms with E-state index in [0.717, 1.165) is 21.3 Å². The molecule has 0 radical (unpaired) electrons. The van der Waals surface area contributed by atoms with E-state index in [4.69, 9.17) is 16.3 Å². The Kier molecular flexibility index (Phi) is 6.70. The topological polar surface area (TPSA) is 56.2 Å². The van der Waals surface area contributed by atoms with Crippen LogP contribution in [0.25, 0.3) is 0 Å². The zero-order chi connectivity index (χ0) is 21.6. The summed E-state index contributed by atoms with van der Waals surface area (Å²) in [5, 5.41) is 7.85. The van der Waals surface area contributed by atoms with Crippen LogP contribution in [0.1, 0.15) is 21.5 Å². The van der Waals surface area contributed by atoms with E-state index in [0.29, 0.717) is 29.4 Å². The number of aromatic nitrogens is 2. The minimum Gasteiger partial charge on any atom is -0.488 e. The number of rotatable bonds is 7. The van der Waals surface area contributed by atoms with Crippen molar-refractivity contribution in [2.75, 3.05) is 5.32 Å². The molecule has 1 heterocycles. The van der Waals surface area contributed by atoms with E-state index in [1.165, 1.54) is 0 Å². The molecule has 0 saturated heterocycles. The second kappa shape index (κ2) is 9.81. The van der Waals surface area contributed by atoms with Crippen LogP contribution in [0.2, 0.25) is 5.02 Å². The molecule has 156 valence electrons. The molecule has 0 aliphatic carbocycles. The summed E-state index contributed by atoms with van der Waals surface area (Å²) in [6, 6.07) is 22.6. The van der Waals surface area contributed by atoms with Crippen molar-refractivity contribution in [1.29, 1.82) is 0 Å². The van der Waals surface area contributed by atoms with Gasteiger partial charge in [-0.2, -0.15) is 5.10 Å². The van der Waals surface area contributed by atoms with Crippen LogP contribution in [-0.2, 0) is 13.2 Å². The number of anilines is 1. The maximum absolute atomic E-state index is 12.6. The summed E-state index contributed by atoms with van der Waals surface area (Å²) in [5.74, 6) is 0.577. The van der Waals surface area contributed by atoms with Gasteiger partial charge in [-0.1, -0.05) is 54.1 Å². The van der Waals surface area contributed by atoms with Crippen molar-refractivity contribution < 1.29 is 9.53 Å². The first-order chi connectivity index (χ1) is 15.1. The summed E-state index contributed by atoms with van der Waals surface area (Å²) in [6.45, 7) is 0.946. The van der Waals surface area contributed by atoms with Crippen molar-refractivity contribution in [2.45, 2.75) is 13.2 Å². The van der Waals surface area contributed by atoms with Crippen LogP contribution in [0, 0.1) is 0 Å². The van der Waals surface area contributed by atoms with E-state index >= 15 is 0 Å². The van der Waals surface area contributed by atoms with Gasteiger partial charge in [0.05, 0.1) is 22.9 Å². The Morgan fingerprint density at radius 3 is 2.55 bits per heavy atom. The second-order valence-corrected chi connectivity index (χ2v) is 8.15. The first-order valence-corrected chi connectivity index (χ1v) is 10.8. The Morgan fingerprint density at radius 1 is 1.03 bits per heavy atom. The van der Waals surface area contributed by atoms with E-state index in [9.17, 15) is 4.79 Å². The highest BCUT2D eigenvalue weighted by Gasteiger charge is 2.09. The van der Waals surface area contributed by atoms with Gasteiger partial charge in [0.25, 0.3) is 5.91 Å². The minimum atomic E-state index is -0.199. The third-order valence-corrected chi connectivity index (χ3v) is 5.65. The van der Waals surface area contributed by atoms with Gasteiger partial charge in [-0.3, -0.25) is 9.48 Å². The zero-order valence-electron chi connectivity index (χ0n) is 16.5. The molecule has 5 nitrogen and oxygen atoms in total. The molecular formula is C24H19BrClN3O2. The van der Waals surface area contributed by atoms with Crippen molar-refractivity contribution >= 4 is 39.1 Å². The predicted molar refractivity (Wildman–Crippen MR) is 126 cm³/mol. The lowest BCUT2D eigenvalue weighted by molar-refractivity contribution is 0.102. The van der Waals surface area contributed by atoms with Crippen LogP contribution >= 0.6 is 27.5 Å². The molecule has 0 aliphatic rings. The third kappa shape index (κ3) is 5.54. The van der Waals surface area contributed by atoms with Gasteiger partial charge in [-0.05, 0) is 57.4 Å². The highest BCUT2D eigenvalue weighted by Crippen LogP contribution is 2.24. The van der Waals surface area contributed by atoms with Crippen molar-refractivity contribution in [3.05, 3.63) is 111 Å². The Bertz CT molecular complexity index is 1190. The Hall–Kier alpha value is -3.09. The zero-order valence-corrected chi connectivity index (χ0v) is 18.8. The van der Waals surface area contributed by atoms with Gasteiger partial charge in [-0.15, -0.1) is 0 Å². The van der Waals surface area contributed by atoms with Crippen molar-refractivity contribution in [3.63, 3.8) is 0 Å². The molecule has 4 aromatic rings. The average Bonchev–Trinajstić information content (AvgIpc) is 3.22. The van der Waals surface area contributed by atoms with E-state index in [-0.39, 0.29) is 5.91 Å². The van der Waals surface area contributed by atoms with Gasteiger partial charge >= 0.3 is 0 Å². The van der Waals surface area contributed by atoms with Crippen LogP contribution in [0.5, 0.6) is 5.75 Å². The molecule has 0 spiro atoms. The van der Waals surface area contributed by atoms with E-state index in [1.54, 1.807) is 29.2 Å². The fourth-order valence-corrected chi connectivity index (χ4v) is 3.59. The van der Waals surface area contributed by atoms with Crippen LogP contribution < -0.4 is 10.1 Å². The van der Waals surface area contributed by atoms with Crippen LogP contribution in [0.15, 0.2) is 89.7 Å². The van der Waals surface area contributed by atoms with Gasteiger partial charge in [0.1, 0.15) is 12.4 Å². The Balaban J connectivity index is 1.34. The second-order valence-electron chi connectivity index (χ2n) is 6.89. The average molecular weight is 497 g/mol. The number of hydrogen-bond donors (Lipinski definition) is 1. The number of amides is 1. The first kappa shape index (κ1) is 21.2. The summed E-state index contributed by atoms with van der Waals surface area (Å²) in [7, 11) is 0. The number of para-hydroxylation sites is 1. The predicted octanol–water partition coefficient (Wildman–Crippen LogP) is 6.18. The van der Waals surface area contributed by atoms with Crippen LogP contribution in [0.3, 0.4) is 0 Å². The number of ether oxygens (including phenoxy) is 1. The summed E-state index contributed by atoms with van der Waals surface area (Å²) in [5.41, 5.74) is 3.12. The molecule has 0 aliphatic heterocycles. The molecule has 7 heteroatoms. The lowest BCUT2D eigenvalue weighted by atomic mass is 10.1. The summed E-state index contributed by atoms with van der Waals surface area (Å²) >= 11 is 9.67. The number of nitrogens with zero attached hydrogens (tertiary/aromatic N) is 2. The number of benzene rings is 3. The van der Waals surface area contributed by atoms with Gasteiger partial charge in [0, 0.05) is 16.8 Å².